The van der Waals surface area contributed by atoms with E-state index < -0.39 is 0 Å². The van der Waals surface area contributed by atoms with E-state index in [9.17, 15) is 0 Å². The van der Waals surface area contributed by atoms with Gasteiger partial charge in [-0.3, -0.25) is 0 Å². The summed E-state index contributed by atoms with van der Waals surface area (Å²) in [7, 11) is 0. The lowest BCUT2D eigenvalue weighted by Crippen LogP contribution is -2.17. The molecule has 0 spiro atoms. The number of nitrogens with zero attached hydrogens (tertiary/aromatic N) is 1. The van der Waals surface area contributed by atoms with Gasteiger partial charge in [0.2, 0.25) is 0 Å². The van der Waals surface area contributed by atoms with Gasteiger partial charge in [-0.25, -0.2) is 0 Å². The number of hydrogen-bond acceptors (Lipinski definition) is 2. The fraction of sp³-hybridized carbons (Fsp3) is 0.857. The summed E-state index contributed by atoms with van der Waals surface area (Å²) in [4.78, 5) is 0. The molecule has 9 heavy (non-hydrogen) atoms. The van der Waals surface area contributed by atoms with E-state index in [4.69, 9.17) is 5.26 Å². The summed E-state index contributed by atoms with van der Waals surface area (Å²) in [5.41, 5.74) is 0. The molecule has 1 rings (SSSR count). The van der Waals surface area contributed by atoms with Crippen LogP contribution in [0.5, 0.6) is 0 Å². The van der Waals surface area contributed by atoms with Gasteiger partial charge in [-0.05, 0) is 12.8 Å². The van der Waals surface area contributed by atoms with Gasteiger partial charge < -0.3 is 0 Å². The summed E-state index contributed by atoms with van der Waals surface area (Å²) >= 11 is 4.31. The van der Waals surface area contributed by atoms with E-state index in [-0.39, 0.29) is 5.92 Å². The van der Waals surface area contributed by atoms with E-state index in [0.717, 1.165) is 12.8 Å². The topological polar surface area (TPSA) is 23.8 Å². The van der Waals surface area contributed by atoms with Crippen molar-refractivity contribution in [2.24, 2.45) is 5.92 Å². The summed E-state index contributed by atoms with van der Waals surface area (Å²) in [6.07, 6.45) is 4.66. The van der Waals surface area contributed by atoms with E-state index in [1.807, 2.05) is 0 Å². The summed E-state index contributed by atoms with van der Waals surface area (Å²) in [6.45, 7) is 0. The van der Waals surface area contributed by atoms with E-state index >= 15 is 0 Å². The highest BCUT2D eigenvalue weighted by molar-refractivity contribution is 7.81. The van der Waals surface area contributed by atoms with Crippen molar-refractivity contribution in [3.05, 3.63) is 0 Å². The van der Waals surface area contributed by atoms with Crippen molar-refractivity contribution in [3.63, 3.8) is 0 Å². The van der Waals surface area contributed by atoms with Crippen LogP contribution in [0.15, 0.2) is 0 Å². The Hall–Kier alpha value is -0.160. The molecule has 0 aromatic carbocycles. The van der Waals surface area contributed by atoms with Gasteiger partial charge in [0, 0.05) is 5.25 Å². The molecule has 1 nitrogen and oxygen atoms in total. The molecule has 0 saturated heterocycles. The molecule has 0 amide bonds. The molecule has 1 fully saturated rings. The molecule has 2 heteroatoms. The van der Waals surface area contributed by atoms with E-state index in [2.05, 4.69) is 18.7 Å². The Kier molecular flexibility index (Phi) is 2.41. The average Bonchev–Trinajstić information content (AvgIpc) is 1.89. The minimum atomic E-state index is 0.224. The zero-order valence-corrected chi connectivity index (χ0v) is 6.27. The predicted molar refractivity (Wildman–Crippen MR) is 40.3 cm³/mol. The van der Waals surface area contributed by atoms with Gasteiger partial charge >= 0.3 is 0 Å². The molecule has 50 valence electrons. The van der Waals surface area contributed by atoms with Crippen molar-refractivity contribution in [3.8, 4) is 6.07 Å². The molecule has 0 radical (unpaired) electrons. The molecule has 0 bridgehead atoms. The molecule has 1 saturated carbocycles. The maximum atomic E-state index is 8.56. The minimum absolute atomic E-state index is 0.224. The van der Waals surface area contributed by atoms with Crippen molar-refractivity contribution in [1.82, 2.24) is 0 Å². The Morgan fingerprint density at radius 2 is 2.00 bits per heavy atom. The van der Waals surface area contributed by atoms with Crippen molar-refractivity contribution < 1.29 is 0 Å². The van der Waals surface area contributed by atoms with Crippen LogP contribution in [0.25, 0.3) is 0 Å². The lowest BCUT2D eigenvalue weighted by molar-refractivity contribution is 0.441. The van der Waals surface area contributed by atoms with E-state index in [0.29, 0.717) is 5.25 Å². The highest BCUT2D eigenvalue weighted by Gasteiger charge is 2.20. The van der Waals surface area contributed by atoms with Crippen LogP contribution in [0.2, 0.25) is 0 Å². The van der Waals surface area contributed by atoms with Crippen molar-refractivity contribution in [2.75, 3.05) is 0 Å². The molecule has 1 aliphatic rings. The van der Waals surface area contributed by atoms with Crippen LogP contribution in [-0.4, -0.2) is 5.25 Å². The zero-order chi connectivity index (χ0) is 6.69. The van der Waals surface area contributed by atoms with Crippen molar-refractivity contribution >= 4 is 12.6 Å². The quantitative estimate of drug-likeness (QED) is 0.512. The van der Waals surface area contributed by atoms with Crippen LogP contribution in [0, 0.1) is 17.2 Å². The smallest absolute Gasteiger partial charge is 0.0667 e. The summed E-state index contributed by atoms with van der Waals surface area (Å²) in [5.74, 6) is 0.224. The summed E-state index contributed by atoms with van der Waals surface area (Å²) in [5, 5.41) is 8.91. The molecule has 0 aromatic rings. The minimum Gasteiger partial charge on any atom is -0.198 e. The Labute approximate surface area is 61.5 Å². The number of hydrogen-bond donors (Lipinski definition) is 1. The van der Waals surface area contributed by atoms with Gasteiger partial charge in [0.15, 0.2) is 0 Å². The lowest BCUT2D eigenvalue weighted by Gasteiger charge is -2.21. The molecule has 0 aromatic heterocycles. The summed E-state index contributed by atoms with van der Waals surface area (Å²) < 4.78 is 0. The first kappa shape index (κ1) is 6.95. The van der Waals surface area contributed by atoms with E-state index in [1.54, 1.807) is 0 Å². The van der Waals surface area contributed by atoms with Crippen LogP contribution < -0.4 is 0 Å². The van der Waals surface area contributed by atoms with Gasteiger partial charge in [-0.15, -0.1) is 0 Å². The highest BCUT2D eigenvalue weighted by atomic mass is 32.1. The molecule has 0 heterocycles. The van der Waals surface area contributed by atoms with E-state index in [1.165, 1.54) is 12.8 Å². The van der Waals surface area contributed by atoms with Crippen LogP contribution in [0.3, 0.4) is 0 Å². The summed E-state index contributed by atoms with van der Waals surface area (Å²) in [6, 6.07) is 2.28. The first-order valence-corrected chi connectivity index (χ1v) is 3.94. The first-order valence-electron chi connectivity index (χ1n) is 3.42. The molecular weight excluding hydrogens is 130 g/mol. The molecular formula is C7H11NS. The first-order chi connectivity index (χ1) is 4.34. The monoisotopic (exact) mass is 141 g/mol. The normalized spacial score (nSPS) is 35.6. The SMILES string of the molecule is N#CC1CCCCC1S. The molecule has 2 atom stereocenters. The largest absolute Gasteiger partial charge is 0.198 e. The number of rotatable bonds is 0. The Morgan fingerprint density at radius 1 is 1.33 bits per heavy atom. The van der Waals surface area contributed by atoms with Crippen molar-refractivity contribution in [2.45, 2.75) is 30.9 Å². The average molecular weight is 141 g/mol. The van der Waals surface area contributed by atoms with Gasteiger partial charge in [-0.2, -0.15) is 17.9 Å². The maximum Gasteiger partial charge on any atom is 0.0667 e. The zero-order valence-electron chi connectivity index (χ0n) is 5.38. The third-order valence-electron chi connectivity index (χ3n) is 1.90. The standard InChI is InChI=1S/C7H11NS/c8-5-6-3-1-2-4-7(6)9/h6-7,9H,1-4H2. The van der Waals surface area contributed by atoms with Gasteiger partial charge in [-0.1, -0.05) is 12.8 Å². The highest BCUT2D eigenvalue weighted by Crippen LogP contribution is 2.27. The molecule has 1 aliphatic carbocycles. The van der Waals surface area contributed by atoms with Crippen molar-refractivity contribution in [1.29, 1.82) is 5.26 Å². The fourth-order valence-electron chi connectivity index (χ4n) is 1.26. The number of nitriles is 1. The molecule has 0 N–H and O–H groups in total. The molecule has 0 aliphatic heterocycles. The van der Waals surface area contributed by atoms with Crippen LogP contribution >= 0.6 is 12.6 Å². The van der Waals surface area contributed by atoms with Gasteiger partial charge in [0.1, 0.15) is 0 Å². The Bertz CT molecular complexity index is 127. The maximum absolute atomic E-state index is 8.56. The van der Waals surface area contributed by atoms with Gasteiger partial charge in [0.25, 0.3) is 0 Å². The second kappa shape index (κ2) is 3.12. The second-order valence-corrected chi connectivity index (χ2v) is 3.25. The number of thiol groups is 1. The fourth-order valence-corrected chi connectivity index (χ4v) is 1.66. The third-order valence-corrected chi connectivity index (χ3v) is 2.51. The lowest BCUT2D eigenvalue weighted by atomic mass is 9.90. The molecule has 2 unspecified atom stereocenters. The van der Waals surface area contributed by atoms with Crippen LogP contribution in [0.1, 0.15) is 25.7 Å². The predicted octanol–water partition coefficient (Wildman–Crippen LogP) is 2.00. The third kappa shape index (κ3) is 1.62. The Balaban J connectivity index is 2.41. The Morgan fingerprint density at radius 3 is 2.44 bits per heavy atom. The second-order valence-electron chi connectivity index (χ2n) is 2.59. The van der Waals surface area contributed by atoms with Gasteiger partial charge in [0.05, 0.1) is 12.0 Å². The van der Waals surface area contributed by atoms with Crippen LogP contribution in [0.4, 0.5) is 0 Å². The van der Waals surface area contributed by atoms with Crippen LogP contribution in [-0.2, 0) is 0 Å².